The van der Waals surface area contributed by atoms with Crippen LogP contribution in [0.1, 0.15) is 33.2 Å². The van der Waals surface area contributed by atoms with Crippen LogP contribution in [0.4, 0.5) is 5.69 Å². The summed E-state index contributed by atoms with van der Waals surface area (Å²) in [6.07, 6.45) is 1.82. The van der Waals surface area contributed by atoms with Gasteiger partial charge in [0.2, 0.25) is 0 Å². The molecule has 0 aliphatic carbocycles. The minimum Gasteiger partial charge on any atom is -0.388 e. The highest BCUT2D eigenvalue weighted by molar-refractivity contribution is 7.11. The second-order valence-electron chi connectivity index (χ2n) is 4.33. The van der Waals surface area contributed by atoms with Gasteiger partial charge < -0.3 is 10.6 Å². The lowest BCUT2D eigenvalue weighted by Crippen LogP contribution is -2.26. The molecular formula is C14H17N3OS. The van der Waals surface area contributed by atoms with Gasteiger partial charge >= 0.3 is 0 Å². The van der Waals surface area contributed by atoms with Gasteiger partial charge in [0.25, 0.3) is 5.91 Å². The van der Waals surface area contributed by atoms with E-state index in [0.29, 0.717) is 5.56 Å². The Balaban J connectivity index is 2.03. The maximum atomic E-state index is 12.1. The third-order valence-electron chi connectivity index (χ3n) is 2.79. The van der Waals surface area contributed by atoms with Crippen LogP contribution in [-0.4, -0.2) is 17.9 Å². The van der Waals surface area contributed by atoms with E-state index >= 15 is 0 Å². The van der Waals surface area contributed by atoms with E-state index in [-0.39, 0.29) is 11.9 Å². The standard InChI is InChI=1S/C14H17N3OS/c1-9-8-16-14(19-9)10(2)17-13(18)11-4-6-12(15-3)7-5-11/h4-8,10,15H,1-3H3,(H,17,18). The molecule has 1 amide bonds. The summed E-state index contributed by atoms with van der Waals surface area (Å²) in [5.74, 6) is -0.0805. The summed E-state index contributed by atoms with van der Waals surface area (Å²) in [5.41, 5.74) is 1.64. The number of amides is 1. The van der Waals surface area contributed by atoms with Gasteiger partial charge in [-0.15, -0.1) is 11.3 Å². The van der Waals surface area contributed by atoms with Crippen LogP contribution in [0.25, 0.3) is 0 Å². The zero-order valence-corrected chi connectivity index (χ0v) is 12.0. The topological polar surface area (TPSA) is 54.0 Å². The largest absolute Gasteiger partial charge is 0.388 e. The molecule has 19 heavy (non-hydrogen) atoms. The number of aryl methyl sites for hydroxylation is 1. The Kier molecular flexibility index (Phi) is 4.16. The minimum absolute atomic E-state index is 0.0739. The Morgan fingerprint density at radius 3 is 2.53 bits per heavy atom. The molecule has 100 valence electrons. The number of nitrogens with one attached hydrogen (secondary N) is 2. The average Bonchev–Trinajstić information content (AvgIpc) is 2.85. The van der Waals surface area contributed by atoms with Gasteiger partial charge in [-0.2, -0.15) is 0 Å². The number of nitrogens with zero attached hydrogens (tertiary/aromatic N) is 1. The molecule has 0 aliphatic heterocycles. The van der Waals surface area contributed by atoms with Crippen LogP contribution in [0.3, 0.4) is 0 Å². The highest BCUT2D eigenvalue weighted by atomic mass is 32.1. The summed E-state index contributed by atoms with van der Waals surface area (Å²) in [4.78, 5) is 17.5. The summed E-state index contributed by atoms with van der Waals surface area (Å²) in [7, 11) is 1.85. The summed E-state index contributed by atoms with van der Waals surface area (Å²) >= 11 is 1.60. The van der Waals surface area contributed by atoms with E-state index in [1.165, 1.54) is 0 Å². The van der Waals surface area contributed by atoms with Gasteiger partial charge in [0.05, 0.1) is 6.04 Å². The fraction of sp³-hybridized carbons (Fsp3) is 0.286. The molecule has 0 radical (unpaired) electrons. The number of carbonyl (C=O) groups excluding carboxylic acids is 1. The lowest BCUT2D eigenvalue weighted by molar-refractivity contribution is 0.0940. The van der Waals surface area contributed by atoms with Gasteiger partial charge in [-0.25, -0.2) is 4.98 Å². The Morgan fingerprint density at radius 2 is 2.00 bits per heavy atom. The van der Waals surface area contributed by atoms with Crippen LogP contribution in [-0.2, 0) is 0 Å². The van der Waals surface area contributed by atoms with Crippen LogP contribution in [0, 0.1) is 6.92 Å². The molecule has 2 rings (SSSR count). The monoisotopic (exact) mass is 275 g/mol. The van der Waals surface area contributed by atoms with Crippen molar-refractivity contribution < 1.29 is 4.79 Å². The van der Waals surface area contributed by atoms with Crippen molar-refractivity contribution in [2.24, 2.45) is 0 Å². The van der Waals surface area contributed by atoms with E-state index < -0.39 is 0 Å². The fourth-order valence-electron chi connectivity index (χ4n) is 1.70. The number of thiazole rings is 1. The zero-order chi connectivity index (χ0) is 13.8. The molecule has 1 atom stereocenters. The van der Waals surface area contributed by atoms with Crippen molar-refractivity contribution in [3.05, 3.63) is 45.9 Å². The van der Waals surface area contributed by atoms with Crippen molar-refractivity contribution in [1.82, 2.24) is 10.3 Å². The normalized spacial score (nSPS) is 11.9. The Morgan fingerprint density at radius 1 is 1.32 bits per heavy atom. The molecule has 2 aromatic rings. The van der Waals surface area contributed by atoms with Gasteiger partial charge in [0, 0.05) is 29.4 Å². The first-order valence-electron chi connectivity index (χ1n) is 6.11. The Hall–Kier alpha value is -1.88. The number of carbonyl (C=O) groups is 1. The number of hydrogen-bond acceptors (Lipinski definition) is 4. The molecule has 4 nitrogen and oxygen atoms in total. The fourth-order valence-corrected chi connectivity index (χ4v) is 2.48. The molecule has 0 spiro atoms. The highest BCUT2D eigenvalue weighted by Crippen LogP contribution is 2.19. The summed E-state index contributed by atoms with van der Waals surface area (Å²) < 4.78 is 0. The number of aromatic nitrogens is 1. The lowest BCUT2D eigenvalue weighted by atomic mass is 10.2. The first-order chi connectivity index (χ1) is 9.10. The highest BCUT2D eigenvalue weighted by Gasteiger charge is 2.13. The smallest absolute Gasteiger partial charge is 0.251 e. The zero-order valence-electron chi connectivity index (χ0n) is 11.2. The Labute approximate surface area is 116 Å². The molecule has 5 heteroatoms. The van der Waals surface area contributed by atoms with Crippen molar-refractivity contribution in [3.8, 4) is 0 Å². The molecule has 0 bridgehead atoms. The van der Waals surface area contributed by atoms with E-state index in [1.54, 1.807) is 23.5 Å². The lowest BCUT2D eigenvalue weighted by Gasteiger charge is -2.11. The van der Waals surface area contributed by atoms with E-state index in [4.69, 9.17) is 0 Å². The summed E-state index contributed by atoms with van der Waals surface area (Å²) in [6.45, 7) is 3.95. The van der Waals surface area contributed by atoms with Crippen LogP contribution >= 0.6 is 11.3 Å². The van der Waals surface area contributed by atoms with Crippen LogP contribution in [0.2, 0.25) is 0 Å². The van der Waals surface area contributed by atoms with Crippen molar-refractivity contribution in [1.29, 1.82) is 0 Å². The molecule has 0 saturated carbocycles. The molecule has 0 fully saturated rings. The molecule has 1 unspecified atom stereocenters. The van der Waals surface area contributed by atoms with Crippen molar-refractivity contribution in [2.75, 3.05) is 12.4 Å². The number of rotatable bonds is 4. The number of benzene rings is 1. The molecule has 0 aliphatic rings. The van der Waals surface area contributed by atoms with Gasteiger partial charge in [0.1, 0.15) is 5.01 Å². The average molecular weight is 275 g/mol. The maximum Gasteiger partial charge on any atom is 0.251 e. The molecule has 1 aromatic heterocycles. The third kappa shape index (κ3) is 3.32. The van der Waals surface area contributed by atoms with Gasteiger partial charge in [-0.1, -0.05) is 0 Å². The van der Waals surface area contributed by atoms with E-state index in [1.807, 2.05) is 39.2 Å². The molecule has 1 aromatic carbocycles. The van der Waals surface area contributed by atoms with Gasteiger partial charge in [-0.3, -0.25) is 4.79 Å². The van der Waals surface area contributed by atoms with E-state index in [0.717, 1.165) is 15.6 Å². The van der Waals surface area contributed by atoms with Crippen LogP contribution in [0.5, 0.6) is 0 Å². The predicted octanol–water partition coefficient (Wildman–Crippen LogP) is 2.98. The van der Waals surface area contributed by atoms with Crippen LogP contribution < -0.4 is 10.6 Å². The van der Waals surface area contributed by atoms with E-state index in [2.05, 4.69) is 15.6 Å². The van der Waals surface area contributed by atoms with Crippen molar-refractivity contribution >= 4 is 22.9 Å². The van der Waals surface area contributed by atoms with Gasteiger partial charge in [0.15, 0.2) is 0 Å². The maximum absolute atomic E-state index is 12.1. The van der Waals surface area contributed by atoms with Gasteiger partial charge in [-0.05, 0) is 38.1 Å². The minimum atomic E-state index is -0.0805. The predicted molar refractivity (Wildman–Crippen MR) is 78.7 cm³/mol. The van der Waals surface area contributed by atoms with Crippen molar-refractivity contribution in [2.45, 2.75) is 19.9 Å². The molecule has 1 heterocycles. The SMILES string of the molecule is CNc1ccc(C(=O)NC(C)c2ncc(C)s2)cc1. The number of anilines is 1. The molecular weight excluding hydrogens is 258 g/mol. The molecule has 0 saturated heterocycles. The quantitative estimate of drug-likeness (QED) is 0.902. The Bertz CT molecular complexity index is 562. The first-order valence-corrected chi connectivity index (χ1v) is 6.93. The van der Waals surface area contributed by atoms with Crippen molar-refractivity contribution in [3.63, 3.8) is 0 Å². The first kappa shape index (κ1) is 13.5. The third-order valence-corrected chi connectivity index (χ3v) is 3.89. The molecule has 2 N–H and O–H groups in total. The summed E-state index contributed by atoms with van der Waals surface area (Å²) in [5, 5.41) is 6.90. The number of hydrogen-bond donors (Lipinski definition) is 2. The summed E-state index contributed by atoms with van der Waals surface area (Å²) in [6, 6.07) is 7.30. The second kappa shape index (κ2) is 5.84. The second-order valence-corrected chi connectivity index (χ2v) is 5.60. The van der Waals surface area contributed by atoms with E-state index in [9.17, 15) is 4.79 Å². The van der Waals surface area contributed by atoms with Crippen LogP contribution in [0.15, 0.2) is 30.5 Å².